The molecule has 9 nitrogen and oxygen atoms in total. The summed E-state index contributed by atoms with van der Waals surface area (Å²) in [7, 11) is 0. The highest BCUT2D eigenvalue weighted by molar-refractivity contribution is 6.20. The molecule has 0 aliphatic rings. The normalized spacial score (nSPS) is 11.4. The third-order valence-corrected chi connectivity index (χ3v) is 25.7. The van der Waals surface area contributed by atoms with Crippen LogP contribution in [-0.4, -0.2) is 44.9 Å². The van der Waals surface area contributed by atoms with Crippen LogP contribution in [0.5, 0.6) is 0 Å². The lowest BCUT2D eigenvalue weighted by Gasteiger charge is -2.11. The van der Waals surface area contributed by atoms with E-state index in [9.17, 15) is 0 Å². The van der Waals surface area contributed by atoms with E-state index in [0.717, 1.165) is 88.3 Å². The molecule has 0 aliphatic carbocycles. The van der Waals surface area contributed by atoms with Gasteiger partial charge in [-0.25, -0.2) is 44.9 Å². The first-order chi connectivity index (χ1) is 66.3. The van der Waals surface area contributed by atoms with Gasteiger partial charge < -0.3 is 0 Å². The van der Waals surface area contributed by atoms with E-state index >= 15 is 0 Å². The van der Waals surface area contributed by atoms with Gasteiger partial charge in [-0.15, -0.1) is 0 Å². The highest BCUT2D eigenvalue weighted by atomic mass is 15.1. The second-order valence-electron chi connectivity index (χ2n) is 33.9. The molecule has 0 unspecified atom stereocenters. The van der Waals surface area contributed by atoms with Crippen molar-refractivity contribution in [3.63, 3.8) is 0 Å². The molecule has 0 aliphatic heterocycles. The van der Waals surface area contributed by atoms with E-state index in [1.165, 1.54) is 114 Å². The Bertz CT molecular complexity index is 8920. The second-order valence-corrected chi connectivity index (χ2v) is 33.9. The number of rotatable bonds is 12. The van der Waals surface area contributed by atoms with Gasteiger partial charge in [-0.3, -0.25) is 0 Å². The van der Waals surface area contributed by atoms with Crippen LogP contribution in [0.1, 0.15) is 0 Å². The largest absolute Gasteiger partial charge is 0.208 e. The molecule has 9 heteroatoms. The van der Waals surface area contributed by atoms with E-state index < -0.39 is 0 Å². The molecule has 0 saturated heterocycles. The Labute approximate surface area is 773 Å². The minimum atomic E-state index is 0.645. The first-order valence-corrected chi connectivity index (χ1v) is 45.2. The van der Waals surface area contributed by atoms with Crippen LogP contribution in [0.4, 0.5) is 0 Å². The predicted molar refractivity (Wildman–Crippen MR) is 557 cm³/mol. The molecule has 134 heavy (non-hydrogen) atoms. The van der Waals surface area contributed by atoms with Gasteiger partial charge in [-0.1, -0.05) is 455 Å². The van der Waals surface area contributed by atoms with Crippen LogP contribution in [0.25, 0.3) is 254 Å². The van der Waals surface area contributed by atoms with Gasteiger partial charge in [-0.05, 0) is 176 Å². The van der Waals surface area contributed by atoms with E-state index in [4.69, 9.17) is 44.9 Å². The Balaban J connectivity index is 0.000000111. The number of benzene rings is 23. The summed E-state index contributed by atoms with van der Waals surface area (Å²) >= 11 is 0. The van der Waals surface area contributed by atoms with Crippen molar-refractivity contribution in [2.75, 3.05) is 0 Å². The summed E-state index contributed by atoms with van der Waals surface area (Å²) in [5, 5.41) is 27.1. The molecule has 0 N–H and O–H groups in total. The average molecular weight is 1710 g/mol. The van der Waals surface area contributed by atoms with Crippen molar-refractivity contribution in [2.24, 2.45) is 0 Å². The minimum absolute atomic E-state index is 0.645. The summed E-state index contributed by atoms with van der Waals surface area (Å²) in [5.41, 5.74) is 15.6. The van der Waals surface area contributed by atoms with Crippen LogP contribution in [-0.2, 0) is 0 Å². The van der Waals surface area contributed by atoms with Crippen molar-refractivity contribution in [1.29, 1.82) is 0 Å². The Kier molecular flexibility index (Phi) is 20.4. The first-order valence-electron chi connectivity index (χ1n) is 45.2. The molecule has 0 amide bonds. The number of hydrogen-bond acceptors (Lipinski definition) is 9. The Morgan fingerprint density at radius 3 is 0.463 bits per heavy atom. The fraction of sp³-hybridized carbons (Fsp3) is 0. The average Bonchev–Trinajstić information content (AvgIpc) is 0.761. The van der Waals surface area contributed by atoms with Crippen molar-refractivity contribution in [1.82, 2.24) is 44.9 Å². The molecule has 23 aromatic carbocycles. The van der Waals surface area contributed by atoms with Crippen LogP contribution >= 0.6 is 0 Å². The maximum Gasteiger partial charge on any atom is 0.164 e. The number of hydrogen-bond donors (Lipinski definition) is 0. The second kappa shape index (κ2) is 34.5. The maximum atomic E-state index is 5.06. The summed E-state index contributed by atoms with van der Waals surface area (Å²) in [6, 6.07) is 168. The van der Waals surface area contributed by atoms with Crippen LogP contribution in [0.3, 0.4) is 0 Å². The molecule has 0 saturated carbocycles. The molecule has 26 rings (SSSR count). The van der Waals surface area contributed by atoms with E-state index in [-0.39, 0.29) is 0 Å². The standard InChI is InChI=1S/C45H29N3.C41H25N3.C39H25N3/c1-3-9-30(10-4-1)32-15-19-35(20-16-32)43-46-44(36-21-17-33(18-22-36)31-11-5-2-6-12-31)48-45(47-43)38-25-26-40-37(29-38)24-28-41-39-14-8-7-13-34(39)23-27-42(40)41;1-2-10-28(11-3-1)39-42-40(31-18-20-35-29(24-31)15-14-26-8-4-6-12-33(26)35)44-41(43-39)32-19-21-36-30(25-32)17-23-37-34-13-7-5-9-27(34)16-22-38(36)37;1-3-9-26(10-4-1)27-15-17-30(18-16-27)38-40-37(29-12-5-2-6-13-29)41-39(42-38)32-21-22-34-31(25-32)20-24-35-33-14-8-7-11-28(33)19-23-36(34)35/h1-29H;1-25H;1-25H. The molecule has 624 valence electrons. The molecule has 3 aromatic heterocycles. The monoisotopic (exact) mass is 1710 g/mol. The lowest BCUT2D eigenvalue weighted by Crippen LogP contribution is -2.00. The Morgan fingerprint density at radius 1 is 0.0821 bits per heavy atom. The van der Waals surface area contributed by atoms with Crippen LogP contribution in [0.2, 0.25) is 0 Å². The van der Waals surface area contributed by atoms with Gasteiger partial charge >= 0.3 is 0 Å². The van der Waals surface area contributed by atoms with E-state index in [2.05, 4.69) is 400 Å². The first kappa shape index (κ1) is 79.4. The van der Waals surface area contributed by atoms with E-state index in [1.54, 1.807) is 0 Å². The Morgan fingerprint density at radius 2 is 0.216 bits per heavy atom. The van der Waals surface area contributed by atoms with Gasteiger partial charge in [0, 0.05) is 50.1 Å². The number of fused-ring (bicyclic) bond motifs is 18. The maximum absolute atomic E-state index is 5.06. The van der Waals surface area contributed by atoms with Crippen molar-refractivity contribution in [3.8, 4) is 136 Å². The van der Waals surface area contributed by atoms with Crippen molar-refractivity contribution in [3.05, 3.63) is 479 Å². The molecule has 0 bridgehead atoms. The zero-order valence-corrected chi connectivity index (χ0v) is 72.6. The SMILES string of the molecule is c1ccc(-c2ccc(-c3nc(-c4ccc(-c5ccccc5)cc4)nc(-c4ccc5c(ccc6c7ccccc7ccc56)c4)n3)cc2)cc1.c1ccc(-c2ccc(-c3nc(-c4ccccc4)nc(-c4ccc5c(ccc6c7ccccc7ccc56)c4)n3)cc2)cc1.c1ccc(-c2nc(-c3ccc4c(ccc5ccccc54)c3)nc(-c3ccc4c(ccc5c6ccccc6ccc45)c3)n2)cc1. The molecule has 0 fully saturated rings. The molecule has 0 radical (unpaired) electrons. The van der Waals surface area contributed by atoms with Crippen LogP contribution in [0.15, 0.2) is 479 Å². The minimum Gasteiger partial charge on any atom is -0.208 e. The fourth-order valence-corrected chi connectivity index (χ4v) is 18.8. The van der Waals surface area contributed by atoms with Gasteiger partial charge in [0.05, 0.1) is 0 Å². The highest BCUT2D eigenvalue weighted by Crippen LogP contribution is 2.41. The summed E-state index contributed by atoms with van der Waals surface area (Å²) in [6.45, 7) is 0. The smallest absolute Gasteiger partial charge is 0.164 e. The zero-order chi connectivity index (χ0) is 88.8. The van der Waals surface area contributed by atoms with Gasteiger partial charge in [0.15, 0.2) is 52.4 Å². The lowest BCUT2D eigenvalue weighted by molar-refractivity contribution is 1.07. The summed E-state index contributed by atoms with van der Waals surface area (Å²) in [4.78, 5) is 45.0. The molecule has 0 spiro atoms. The van der Waals surface area contributed by atoms with Gasteiger partial charge in [0.2, 0.25) is 0 Å². The van der Waals surface area contributed by atoms with Crippen LogP contribution < -0.4 is 0 Å². The molecular weight excluding hydrogens is 1630 g/mol. The zero-order valence-electron chi connectivity index (χ0n) is 72.6. The van der Waals surface area contributed by atoms with Crippen molar-refractivity contribution < 1.29 is 0 Å². The van der Waals surface area contributed by atoms with Gasteiger partial charge in [0.25, 0.3) is 0 Å². The van der Waals surface area contributed by atoms with E-state index in [0.29, 0.717) is 52.4 Å². The van der Waals surface area contributed by atoms with Crippen molar-refractivity contribution >= 4 is 118 Å². The third-order valence-electron chi connectivity index (χ3n) is 25.7. The predicted octanol–water partition coefficient (Wildman–Crippen LogP) is 32.3. The molecule has 26 aromatic rings. The molecule has 3 heterocycles. The highest BCUT2D eigenvalue weighted by Gasteiger charge is 2.21. The summed E-state index contributed by atoms with van der Waals surface area (Å²) in [6.07, 6.45) is 0. The fourth-order valence-electron chi connectivity index (χ4n) is 18.8. The van der Waals surface area contributed by atoms with Crippen LogP contribution in [0, 0.1) is 0 Å². The quantitative estimate of drug-likeness (QED) is 0.110. The molecule has 0 atom stereocenters. The summed E-state index contributed by atoms with van der Waals surface area (Å²) in [5.74, 6) is 5.90. The third kappa shape index (κ3) is 15.4. The van der Waals surface area contributed by atoms with E-state index in [1.807, 2.05) is 78.9 Å². The number of nitrogens with zero attached hydrogens (tertiary/aromatic N) is 9. The Hall–Kier alpha value is -18.1. The number of aromatic nitrogens is 9. The summed E-state index contributed by atoms with van der Waals surface area (Å²) < 4.78 is 0. The van der Waals surface area contributed by atoms with Crippen molar-refractivity contribution in [2.45, 2.75) is 0 Å². The van der Waals surface area contributed by atoms with Gasteiger partial charge in [0.1, 0.15) is 0 Å². The topological polar surface area (TPSA) is 116 Å². The van der Waals surface area contributed by atoms with Gasteiger partial charge in [-0.2, -0.15) is 0 Å². The molecular formula is C125H79N9. The lowest BCUT2D eigenvalue weighted by atomic mass is 9.96.